The van der Waals surface area contributed by atoms with Crippen molar-refractivity contribution in [1.29, 1.82) is 0 Å². The molecule has 0 saturated carbocycles. The average molecular weight is 195 g/mol. The van der Waals surface area contributed by atoms with Crippen LogP contribution in [-0.4, -0.2) is 4.98 Å². The van der Waals surface area contributed by atoms with E-state index in [1.807, 2.05) is 0 Å². The molecule has 1 atom stereocenters. The van der Waals surface area contributed by atoms with Crippen LogP contribution in [0, 0.1) is 0 Å². The van der Waals surface area contributed by atoms with E-state index in [1.54, 1.807) is 0 Å². The molecule has 0 saturated heterocycles. The molecule has 1 nitrogen and oxygen atoms in total. The van der Waals surface area contributed by atoms with Gasteiger partial charge in [0.05, 0.1) is 0 Å². The maximum absolute atomic E-state index is 5.57. The van der Waals surface area contributed by atoms with Gasteiger partial charge in [-0.2, -0.15) is 0 Å². The second kappa shape index (κ2) is 6.87. The number of rotatable bonds is 5. The fourth-order valence-electron chi connectivity index (χ4n) is 0.617. The molecule has 0 bridgehead atoms. The van der Waals surface area contributed by atoms with Crippen molar-refractivity contribution in [3.8, 4) is 0 Å². The van der Waals surface area contributed by atoms with E-state index in [0.717, 1.165) is 20.2 Å². The minimum atomic E-state index is 0.189. The van der Waals surface area contributed by atoms with Gasteiger partial charge in [-0.3, -0.25) is 0 Å². The Bertz CT molecular complexity index is 61.0. The average Bonchev–Trinajstić information content (AvgIpc) is 1.89. The molecule has 0 aliphatic rings. The third kappa shape index (κ3) is 6.64. The van der Waals surface area contributed by atoms with E-state index in [9.17, 15) is 0 Å². The van der Waals surface area contributed by atoms with Crippen LogP contribution in [0.1, 0.15) is 32.6 Å². The van der Waals surface area contributed by atoms with Crippen LogP contribution in [0.15, 0.2) is 0 Å². The number of unbranched alkanes of at least 4 members (excludes halogenated alkanes) is 2. The summed E-state index contributed by atoms with van der Waals surface area (Å²) in [4.78, 5) is 0.189. The second-order valence-corrected chi connectivity index (χ2v) is 3.65. The molecule has 0 heterocycles. The first kappa shape index (κ1) is 9.76. The van der Waals surface area contributed by atoms with Gasteiger partial charge in [-0.05, 0) is 0 Å². The standard InChI is InChI=1S/C6H14N.ClH.Co/c1-2-3-4-5-6-7;;/h6H,2-5,7H2,1H3;1H;/q;;+1/p-1. The van der Waals surface area contributed by atoms with Crippen LogP contribution in [0.25, 0.3) is 0 Å². The molecular formula is C6H14ClCoN. The van der Waals surface area contributed by atoms with Crippen LogP contribution >= 0.6 is 10.1 Å². The van der Waals surface area contributed by atoms with Crippen molar-refractivity contribution in [2.45, 2.75) is 37.6 Å². The van der Waals surface area contributed by atoms with Crippen LogP contribution in [0.4, 0.5) is 0 Å². The predicted octanol–water partition coefficient (Wildman–Crippen LogP) is 2.09. The zero-order chi connectivity index (χ0) is 7.11. The molecule has 0 aliphatic carbocycles. The fraction of sp³-hybridized carbons (Fsp3) is 1.00. The van der Waals surface area contributed by atoms with Crippen LogP contribution in [0.3, 0.4) is 0 Å². The summed E-state index contributed by atoms with van der Waals surface area (Å²) >= 11 is 0.835. The molecule has 0 aromatic carbocycles. The summed E-state index contributed by atoms with van der Waals surface area (Å²) in [6.45, 7) is 2.18. The zero-order valence-electron chi connectivity index (χ0n) is 5.69. The summed E-state index contributed by atoms with van der Waals surface area (Å²) < 4.78 is 0. The van der Waals surface area contributed by atoms with Gasteiger partial charge in [0.2, 0.25) is 0 Å². The van der Waals surface area contributed by atoms with E-state index in [1.165, 1.54) is 19.3 Å². The Kier molecular flexibility index (Phi) is 7.45. The van der Waals surface area contributed by atoms with Crippen LogP contribution in [0.2, 0.25) is 0 Å². The first-order valence-electron chi connectivity index (χ1n) is 3.27. The molecule has 0 aromatic rings. The van der Waals surface area contributed by atoms with Gasteiger partial charge in [-0.25, -0.2) is 0 Å². The van der Waals surface area contributed by atoms with Gasteiger partial charge < -0.3 is 0 Å². The SMILES string of the molecule is CCCCC[CH](N)[Co][Cl]. The van der Waals surface area contributed by atoms with Crippen molar-refractivity contribution in [3.05, 3.63) is 0 Å². The van der Waals surface area contributed by atoms with Gasteiger partial charge >= 0.3 is 67.3 Å². The third-order valence-corrected chi connectivity index (χ3v) is 2.53. The van der Waals surface area contributed by atoms with Gasteiger partial charge in [0.1, 0.15) is 0 Å². The van der Waals surface area contributed by atoms with Gasteiger partial charge in [-0.15, -0.1) is 0 Å². The van der Waals surface area contributed by atoms with Gasteiger partial charge in [0.15, 0.2) is 0 Å². The summed E-state index contributed by atoms with van der Waals surface area (Å²) in [6, 6.07) is 0. The number of hydrogen-bond donors (Lipinski definition) is 1. The normalized spacial score (nSPS) is 14.1. The molecule has 0 radical (unpaired) electrons. The summed E-state index contributed by atoms with van der Waals surface area (Å²) in [6.07, 6.45) is 4.82. The molecule has 0 fully saturated rings. The second-order valence-electron chi connectivity index (χ2n) is 2.05. The molecular weight excluding hydrogens is 180 g/mol. The van der Waals surface area contributed by atoms with Crippen LogP contribution in [0.5, 0.6) is 0 Å². The molecule has 0 spiro atoms. The van der Waals surface area contributed by atoms with E-state index in [2.05, 4.69) is 6.92 Å². The molecule has 0 amide bonds. The van der Waals surface area contributed by atoms with Crippen molar-refractivity contribution in [2.24, 2.45) is 5.73 Å². The number of nitrogens with two attached hydrogens (primary N) is 1. The Morgan fingerprint density at radius 2 is 2.22 bits per heavy atom. The van der Waals surface area contributed by atoms with Gasteiger partial charge in [0, 0.05) is 0 Å². The van der Waals surface area contributed by atoms with E-state index >= 15 is 0 Å². The molecule has 0 aliphatic heterocycles. The molecule has 0 aromatic heterocycles. The Morgan fingerprint density at radius 3 is 2.67 bits per heavy atom. The summed E-state index contributed by atoms with van der Waals surface area (Å²) in [5.74, 6) is 0. The van der Waals surface area contributed by atoms with E-state index < -0.39 is 0 Å². The molecule has 2 N–H and O–H groups in total. The van der Waals surface area contributed by atoms with E-state index in [-0.39, 0.29) is 4.98 Å². The minimum absolute atomic E-state index is 0.189. The zero-order valence-corrected chi connectivity index (χ0v) is 7.49. The quantitative estimate of drug-likeness (QED) is 0.667. The van der Waals surface area contributed by atoms with Crippen molar-refractivity contribution >= 4 is 10.1 Å². The monoisotopic (exact) mass is 194 g/mol. The molecule has 1 unspecified atom stereocenters. The first-order valence-corrected chi connectivity index (χ1v) is 5.30. The maximum atomic E-state index is 5.57. The van der Waals surface area contributed by atoms with Crippen molar-refractivity contribution in [3.63, 3.8) is 0 Å². The van der Waals surface area contributed by atoms with Crippen molar-refractivity contribution in [1.82, 2.24) is 0 Å². The molecule has 0 rings (SSSR count). The van der Waals surface area contributed by atoms with Crippen molar-refractivity contribution in [2.75, 3.05) is 0 Å². The number of halogens is 1. The fourth-order valence-corrected chi connectivity index (χ4v) is 1.24. The Balaban J connectivity index is 2.88. The topological polar surface area (TPSA) is 26.0 Å². The molecule has 9 heavy (non-hydrogen) atoms. The Morgan fingerprint density at radius 1 is 1.56 bits per heavy atom. The Labute approximate surface area is 67.6 Å². The summed E-state index contributed by atoms with van der Waals surface area (Å²) in [5, 5.41) is 0. The molecule has 59 valence electrons. The van der Waals surface area contributed by atoms with Gasteiger partial charge in [0.25, 0.3) is 0 Å². The van der Waals surface area contributed by atoms with Crippen LogP contribution < -0.4 is 5.73 Å². The van der Waals surface area contributed by atoms with E-state index in [0.29, 0.717) is 0 Å². The number of hydrogen-bond acceptors (Lipinski definition) is 1. The first-order chi connectivity index (χ1) is 4.31. The van der Waals surface area contributed by atoms with Crippen molar-refractivity contribution < 1.29 is 13.8 Å². The van der Waals surface area contributed by atoms with E-state index in [4.69, 9.17) is 15.9 Å². The van der Waals surface area contributed by atoms with Gasteiger partial charge in [-0.1, -0.05) is 0 Å². The predicted molar refractivity (Wildman–Crippen MR) is 38.0 cm³/mol. The Hall–Kier alpha value is 0.756. The third-order valence-electron chi connectivity index (χ3n) is 1.16. The summed E-state index contributed by atoms with van der Waals surface area (Å²) in [7, 11) is 5.47. The molecule has 3 heteroatoms. The summed E-state index contributed by atoms with van der Waals surface area (Å²) in [5.41, 5.74) is 5.57. The van der Waals surface area contributed by atoms with Crippen LogP contribution in [-0.2, 0) is 13.8 Å².